The summed E-state index contributed by atoms with van der Waals surface area (Å²) in [6.07, 6.45) is 1.10. The number of nitrogens with zero attached hydrogens (tertiary/aromatic N) is 1. The largest absolute Gasteiger partial charge is 0.493 e. The molecule has 1 aromatic carbocycles. The highest BCUT2D eigenvalue weighted by Crippen LogP contribution is 2.60. The number of ether oxygens (including phenoxy) is 2. The Kier molecular flexibility index (Phi) is 3.08. The van der Waals surface area contributed by atoms with E-state index < -0.39 is 0 Å². The topological polar surface area (TPSA) is 70.5 Å². The van der Waals surface area contributed by atoms with E-state index in [1.807, 2.05) is 18.2 Å². The summed E-state index contributed by atoms with van der Waals surface area (Å²) < 4.78 is 15.9. The smallest absolute Gasteiger partial charge is 0.230 e. The van der Waals surface area contributed by atoms with Gasteiger partial charge in [-0.2, -0.15) is 0 Å². The van der Waals surface area contributed by atoms with E-state index in [9.17, 15) is 0 Å². The predicted molar refractivity (Wildman–Crippen MR) is 80.6 cm³/mol. The minimum Gasteiger partial charge on any atom is -0.493 e. The van der Waals surface area contributed by atoms with Crippen LogP contribution in [0.25, 0.3) is 11.1 Å². The molecule has 1 heterocycles. The van der Waals surface area contributed by atoms with E-state index in [4.69, 9.17) is 19.7 Å². The van der Waals surface area contributed by atoms with Crippen molar-refractivity contribution in [1.82, 2.24) is 5.16 Å². The van der Waals surface area contributed by atoms with Gasteiger partial charge in [-0.1, -0.05) is 25.1 Å². The molecule has 1 atom stereocenters. The molecule has 0 saturated heterocycles. The normalized spacial score (nSPS) is 19.3. The molecule has 0 bridgehead atoms. The Labute approximate surface area is 124 Å². The van der Waals surface area contributed by atoms with E-state index >= 15 is 0 Å². The van der Waals surface area contributed by atoms with Crippen LogP contribution in [0.5, 0.6) is 11.5 Å². The molecular weight excluding hydrogens is 268 g/mol. The molecule has 0 spiro atoms. The number of rotatable bonds is 4. The number of benzene rings is 1. The number of hydrogen-bond acceptors (Lipinski definition) is 5. The van der Waals surface area contributed by atoms with Crippen molar-refractivity contribution in [1.29, 1.82) is 0 Å². The van der Waals surface area contributed by atoms with Crippen LogP contribution in [-0.2, 0) is 0 Å². The van der Waals surface area contributed by atoms with Crippen molar-refractivity contribution in [3.63, 3.8) is 0 Å². The molecule has 3 rings (SSSR count). The van der Waals surface area contributed by atoms with Gasteiger partial charge in [0.15, 0.2) is 11.5 Å². The fourth-order valence-corrected chi connectivity index (χ4v) is 2.77. The third-order valence-corrected chi connectivity index (χ3v) is 4.26. The van der Waals surface area contributed by atoms with Gasteiger partial charge >= 0.3 is 0 Å². The van der Waals surface area contributed by atoms with Gasteiger partial charge in [-0.15, -0.1) is 0 Å². The Morgan fingerprint density at radius 1 is 1.24 bits per heavy atom. The van der Waals surface area contributed by atoms with Gasteiger partial charge in [-0.25, -0.2) is 0 Å². The quantitative estimate of drug-likeness (QED) is 0.933. The number of anilines is 1. The van der Waals surface area contributed by atoms with Crippen molar-refractivity contribution in [2.24, 2.45) is 5.41 Å². The van der Waals surface area contributed by atoms with Gasteiger partial charge in [0.25, 0.3) is 0 Å². The van der Waals surface area contributed by atoms with Crippen LogP contribution in [0.15, 0.2) is 22.7 Å². The highest BCUT2D eigenvalue weighted by Gasteiger charge is 2.49. The first-order valence-electron chi connectivity index (χ1n) is 6.95. The van der Waals surface area contributed by atoms with Gasteiger partial charge in [0, 0.05) is 5.92 Å². The van der Waals surface area contributed by atoms with Gasteiger partial charge in [0.2, 0.25) is 5.88 Å². The minimum atomic E-state index is 0.259. The lowest BCUT2D eigenvalue weighted by Crippen LogP contribution is -1.95. The molecule has 1 unspecified atom stereocenters. The summed E-state index contributed by atoms with van der Waals surface area (Å²) in [5.74, 6) is 2.09. The average molecular weight is 288 g/mol. The predicted octanol–water partition coefficient (Wildman–Crippen LogP) is 3.45. The van der Waals surface area contributed by atoms with Crippen molar-refractivity contribution >= 4 is 5.88 Å². The Bertz CT molecular complexity index is 676. The standard InChI is InChI=1S/C16H20N2O3/c1-16(2)8-10(16)14-13(15(17)21-18-14)9-5-6-11(19-3)12(7-9)20-4/h5-7,10H,8,17H2,1-4H3. The minimum absolute atomic E-state index is 0.259. The third kappa shape index (κ3) is 2.22. The van der Waals surface area contributed by atoms with Crippen LogP contribution in [-0.4, -0.2) is 19.4 Å². The third-order valence-electron chi connectivity index (χ3n) is 4.26. The molecule has 21 heavy (non-hydrogen) atoms. The first kappa shape index (κ1) is 13.8. The van der Waals surface area contributed by atoms with E-state index in [1.54, 1.807) is 14.2 Å². The zero-order chi connectivity index (χ0) is 15.2. The van der Waals surface area contributed by atoms with E-state index in [0.29, 0.717) is 23.3 Å². The number of aromatic nitrogens is 1. The molecule has 5 nitrogen and oxygen atoms in total. The van der Waals surface area contributed by atoms with Crippen molar-refractivity contribution in [3.05, 3.63) is 23.9 Å². The van der Waals surface area contributed by atoms with Crippen LogP contribution < -0.4 is 15.2 Å². The van der Waals surface area contributed by atoms with Crippen LogP contribution in [0.1, 0.15) is 31.9 Å². The summed E-state index contributed by atoms with van der Waals surface area (Å²) in [6, 6.07) is 5.71. The summed E-state index contributed by atoms with van der Waals surface area (Å²) in [6.45, 7) is 4.45. The van der Waals surface area contributed by atoms with Crippen LogP contribution in [0.2, 0.25) is 0 Å². The molecule has 0 aliphatic heterocycles. The summed E-state index contributed by atoms with van der Waals surface area (Å²) >= 11 is 0. The van der Waals surface area contributed by atoms with Gasteiger partial charge < -0.3 is 19.7 Å². The summed E-state index contributed by atoms with van der Waals surface area (Å²) in [4.78, 5) is 0. The van der Waals surface area contributed by atoms with Crippen molar-refractivity contribution in [2.45, 2.75) is 26.2 Å². The molecule has 0 amide bonds. The van der Waals surface area contributed by atoms with Crippen LogP contribution >= 0.6 is 0 Å². The van der Waals surface area contributed by atoms with E-state index in [0.717, 1.165) is 23.2 Å². The highest BCUT2D eigenvalue weighted by molar-refractivity contribution is 5.78. The van der Waals surface area contributed by atoms with E-state index in [2.05, 4.69) is 19.0 Å². The second-order valence-electron chi connectivity index (χ2n) is 6.12. The molecule has 1 saturated carbocycles. The number of hydrogen-bond donors (Lipinski definition) is 1. The fourth-order valence-electron chi connectivity index (χ4n) is 2.77. The van der Waals surface area contributed by atoms with Crippen molar-refractivity contribution < 1.29 is 14.0 Å². The molecule has 1 aliphatic carbocycles. The molecule has 1 aliphatic rings. The molecule has 1 fully saturated rings. The van der Waals surface area contributed by atoms with Crippen LogP contribution in [0, 0.1) is 5.41 Å². The zero-order valence-corrected chi connectivity index (χ0v) is 12.8. The van der Waals surface area contributed by atoms with E-state index in [1.165, 1.54) is 0 Å². The van der Waals surface area contributed by atoms with Gasteiger partial charge in [0.05, 0.1) is 25.5 Å². The van der Waals surface area contributed by atoms with E-state index in [-0.39, 0.29) is 5.41 Å². The second kappa shape index (κ2) is 4.69. The fraction of sp³-hybridized carbons (Fsp3) is 0.438. The molecular formula is C16H20N2O3. The molecule has 112 valence electrons. The number of nitrogens with two attached hydrogens (primary N) is 1. The average Bonchev–Trinajstić information content (AvgIpc) is 2.92. The SMILES string of the molecule is COc1ccc(-c2c(C3CC3(C)C)noc2N)cc1OC. The molecule has 5 heteroatoms. The molecule has 1 aromatic heterocycles. The zero-order valence-electron chi connectivity index (χ0n) is 12.8. The molecule has 2 aromatic rings. The van der Waals surface area contributed by atoms with Crippen LogP contribution in [0.4, 0.5) is 5.88 Å². The summed E-state index contributed by atoms with van der Waals surface area (Å²) in [5, 5.41) is 4.18. The maximum absolute atomic E-state index is 5.99. The Morgan fingerprint density at radius 3 is 2.48 bits per heavy atom. The molecule has 2 N–H and O–H groups in total. The van der Waals surface area contributed by atoms with Crippen molar-refractivity contribution in [2.75, 3.05) is 20.0 Å². The lowest BCUT2D eigenvalue weighted by atomic mass is 9.99. The maximum atomic E-state index is 5.99. The monoisotopic (exact) mass is 288 g/mol. The lowest BCUT2D eigenvalue weighted by Gasteiger charge is -2.10. The Morgan fingerprint density at radius 2 is 1.90 bits per heavy atom. The number of nitrogen functional groups attached to an aromatic ring is 1. The maximum Gasteiger partial charge on any atom is 0.230 e. The second-order valence-corrected chi connectivity index (χ2v) is 6.12. The van der Waals surface area contributed by atoms with Gasteiger partial charge in [-0.05, 0) is 29.5 Å². The first-order chi connectivity index (χ1) is 9.97. The van der Waals surface area contributed by atoms with Crippen molar-refractivity contribution in [3.8, 4) is 22.6 Å². The van der Waals surface area contributed by atoms with Gasteiger partial charge in [-0.3, -0.25) is 0 Å². The van der Waals surface area contributed by atoms with Gasteiger partial charge in [0.1, 0.15) is 0 Å². The summed E-state index contributed by atoms with van der Waals surface area (Å²) in [7, 11) is 3.23. The summed E-state index contributed by atoms with van der Waals surface area (Å²) in [5.41, 5.74) is 8.98. The Hall–Kier alpha value is -2.17. The highest BCUT2D eigenvalue weighted by atomic mass is 16.5. The molecule has 0 radical (unpaired) electrons. The lowest BCUT2D eigenvalue weighted by molar-refractivity contribution is 0.355. The number of methoxy groups -OCH3 is 2. The first-order valence-corrected chi connectivity index (χ1v) is 6.95. The van der Waals surface area contributed by atoms with Crippen LogP contribution in [0.3, 0.4) is 0 Å². The Balaban J connectivity index is 2.07.